The lowest BCUT2D eigenvalue weighted by Crippen LogP contribution is -2.44. The van der Waals surface area contributed by atoms with Crippen molar-refractivity contribution in [3.63, 3.8) is 0 Å². The number of amides is 1. The van der Waals surface area contributed by atoms with Gasteiger partial charge in [-0.3, -0.25) is 4.79 Å². The number of carbonyl (C=O) groups excluding carboxylic acids is 2. The van der Waals surface area contributed by atoms with Crippen molar-refractivity contribution in [1.82, 2.24) is 9.21 Å². The lowest BCUT2D eigenvalue weighted by molar-refractivity contribution is -0.137. The molecule has 2 heterocycles. The fourth-order valence-electron chi connectivity index (χ4n) is 4.06. The summed E-state index contributed by atoms with van der Waals surface area (Å²) < 4.78 is 32.0. The van der Waals surface area contributed by atoms with Gasteiger partial charge >= 0.3 is 5.97 Å². The van der Waals surface area contributed by atoms with E-state index in [1.165, 1.54) is 22.5 Å². The van der Waals surface area contributed by atoms with Crippen LogP contribution >= 0.6 is 11.6 Å². The van der Waals surface area contributed by atoms with Crippen molar-refractivity contribution in [1.29, 1.82) is 0 Å². The molecule has 1 amide bonds. The molecule has 2 saturated heterocycles. The van der Waals surface area contributed by atoms with E-state index >= 15 is 0 Å². The number of rotatable bonds is 5. The molecule has 3 rings (SSSR count). The minimum Gasteiger partial charge on any atom is -0.452 e. The van der Waals surface area contributed by atoms with Crippen LogP contribution in [-0.4, -0.2) is 62.3 Å². The third-order valence-corrected chi connectivity index (χ3v) is 7.63. The number of piperidine rings is 1. The van der Waals surface area contributed by atoms with Crippen LogP contribution in [0.3, 0.4) is 0 Å². The molecule has 160 valence electrons. The van der Waals surface area contributed by atoms with Crippen molar-refractivity contribution in [3.8, 4) is 0 Å². The third-order valence-electron chi connectivity index (χ3n) is 5.41. The molecule has 2 fully saturated rings. The molecule has 2 aliphatic heterocycles. The van der Waals surface area contributed by atoms with E-state index < -0.39 is 22.6 Å². The molecule has 7 nitrogen and oxygen atoms in total. The SMILES string of the molecule is CC1CC(C)CN(C(=O)COC(=O)c2cc(S(=O)(=O)N3CCCC3)ccc2Cl)C1. The number of ether oxygens (including phenoxy) is 1. The Morgan fingerprint density at radius 3 is 2.38 bits per heavy atom. The molecular formula is C20H27ClN2O5S. The summed E-state index contributed by atoms with van der Waals surface area (Å²) in [6.07, 6.45) is 2.70. The fraction of sp³-hybridized carbons (Fsp3) is 0.600. The van der Waals surface area contributed by atoms with Crippen LogP contribution in [0.4, 0.5) is 0 Å². The molecule has 0 spiro atoms. The van der Waals surface area contributed by atoms with Crippen LogP contribution in [0.25, 0.3) is 0 Å². The Morgan fingerprint density at radius 2 is 1.76 bits per heavy atom. The average Bonchev–Trinajstić information content (AvgIpc) is 3.21. The number of likely N-dealkylation sites (tertiary alicyclic amines) is 1. The molecule has 2 unspecified atom stereocenters. The van der Waals surface area contributed by atoms with E-state index in [2.05, 4.69) is 13.8 Å². The average molecular weight is 443 g/mol. The molecule has 0 aromatic heterocycles. The number of sulfonamides is 1. The maximum Gasteiger partial charge on any atom is 0.340 e. The number of carbonyl (C=O) groups is 2. The van der Waals surface area contributed by atoms with Crippen LogP contribution in [0.5, 0.6) is 0 Å². The van der Waals surface area contributed by atoms with Crippen molar-refractivity contribution < 1.29 is 22.7 Å². The molecule has 0 N–H and O–H groups in total. The van der Waals surface area contributed by atoms with Crippen molar-refractivity contribution in [2.45, 2.75) is 38.0 Å². The lowest BCUT2D eigenvalue weighted by Gasteiger charge is -2.34. The first kappa shape index (κ1) is 22.1. The number of nitrogens with zero attached hydrogens (tertiary/aromatic N) is 2. The summed E-state index contributed by atoms with van der Waals surface area (Å²) in [6.45, 7) is 6.01. The summed E-state index contributed by atoms with van der Waals surface area (Å²) in [5.74, 6) is -0.255. The Balaban J connectivity index is 1.68. The Labute approximate surface area is 177 Å². The van der Waals surface area contributed by atoms with Crippen LogP contribution in [0.15, 0.2) is 23.1 Å². The van der Waals surface area contributed by atoms with E-state index in [1.807, 2.05) is 0 Å². The Morgan fingerprint density at radius 1 is 1.14 bits per heavy atom. The smallest absolute Gasteiger partial charge is 0.340 e. The van der Waals surface area contributed by atoms with Gasteiger partial charge in [-0.25, -0.2) is 13.2 Å². The molecule has 0 bridgehead atoms. The Bertz CT molecular complexity index is 873. The first-order valence-corrected chi connectivity index (χ1v) is 11.7. The van der Waals surface area contributed by atoms with Crippen LogP contribution < -0.4 is 0 Å². The number of benzene rings is 1. The summed E-state index contributed by atoms with van der Waals surface area (Å²) in [5.41, 5.74) is -0.0554. The Kier molecular flexibility index (Phi) is 6.86. The van der Waals surface area contributed by atoms with Crippen molar-refractivity contribution in [2.75, 3.05) is 32.8 Å². The first-order valence-electron chi connectivity index (χ1n) is 9.93. The highest BCUT2D eigenvalue weighted by atomic mass is 35.5. The number of hydrogen-bond donors (Lipinski definition) is 0. The van der Waals surface area contributed by atoms with Gasteiger partial charge in [-0.05, 0) is 49.3 Å². The van der Waals surface area contributed by atoms with Gasteiger partial charge in [-0.15, -0.1) is 0 Å². The second-order valence-electron chi connectivity index (χ2n) is 8.07. The second-order valence-corrected chi connectivity index (χ2v) is 10.4. The molecule has 2 atom stereocenters. The van der Waals surface area contributed by atoms with E-state index in [0.717, 1.165) is 19.3 Å². The minimum absolute atomic E-state index is 0.000701. The topological polar surface area (TPSA) is 84.0 Å². The highest BCUT2D eigenvalue weighted by Gasteiger charge is 2.29. The standard InChI is InChI=1S/C20H27ClN2O5S/c1-14-9-15(2)12-22(11-14)19(24)13-28-20(25)17-10-16(5-6-18(17)21)29(26,27)23-7-3-4-8-23/h5-6,10,14-15H,3-4,7-9,11-13H2,1-2H3. The molecule has 2 aliphatic rings. The lowest BCUT2D eigenvalue weighted by atomic mass is 9.92. The van der Waals surface area contributed by atoms with Gasteiger partial charge in [0.25, 0.3) is 5.91 Å². The zero-order valence-electron chi connectivity index (χ0n) is 16.8. The molecule has 0 aliphatic carbocycles. The minimum atomic E-state index is -3.68. The third kappa shape index (κ3) is 5.10. The van der Waals surface area contributed by atoms with Crippen molar-refractivity contribution >= 4 is 33.5 Å². The van der Waals surface area contributed by atoms with E-state index in [9.17, 15) is 18.0 Å². The highest BCUT2D eigenvalue weighted by molar-refractivity contribution is 7.89. The molecular weight excluding hydrogens is 416 g/mol. The maximum atomic E-state index is 12.7. The molecule has 9 heteroatoms. The molecule has 1 aromatic carbocycles. The number of esters is 1. The van der Waals surface area contributed by atoms with Crippen LogP contribution in [-0.2, 0) is 19.6 Å². The number of hydrogen-bond acceptors (Lipinski definition) is 5. The van der Waals surface area contributed by atoms with Gasteiger partial charge in [0.05, 0.1) is 15.5 Å². The zero-order valence-corrected chi connectivity index (χ0v) is 18.3. The normalized spacial score (nSPS) is 23.2. The van der Waals surface area contributed by atoms with Gasteiger partial charge in [0.2, 0.25) is 10.0 Å². The monoisotopic (exact) mass is 442 g/mol. The van der Waals surface area contributed by atoms with E-state index in [0.29, 0.717) is 38.0 Å². The predicted molar refractivity (Wildman–Crippen MR) is 109 cm³/mol. The maximum absolute atomic E-state index is 12.7. The van der Waals surface area contributed by atoms with Gasteiger partial charge < -0.3 is 9.64 Å². The Hall–Kier alpha value is -1.64. The summed E-state index contributed by atoms with van der Waals surface area (Å²) in [4.78, 5) is 26.6. The van der Waals surface area contributed by atoms with Gasteiger partial charge in [0.15, 0.2) is 6.61 Å². The molecule has 0 saturated carbocycles. The van der Waals surface area contributed by atoms with Crippen molar-refractivity contribution in [3.05, 3.63) is 28.8 Å². The second kappa shape index (κ2) is 9.02. The van der Waals surface area contributed by atoms with Gasteiger partial charge in [-0.1, -0.05) is 25.4 Å². The molecule has 1 aromatic rings. The predicted octanol–water partition coefficient (Wildman–Crippen LogP) is 2.79. The summed E-state index contributed by atoms with van der Waals surface area (Å²) >= 11 is 6.10. The van der Waals surface area contributed by atoms with Gasteiger partial charge in [-0.2, -0.15) is 4.31 Å². The van der Waals surface area contributed by atoms with Crippen molar-refractivity contribution in [2.24, 2.45) is 11.8 Å². The summed E-state index contributed by atoms with van der Waals surface area (Å²) in [5, 5.41) is 0.0861. The molecule has 0 radical (unpaired) electrons. The first-order chi connectivity index (χ1) is 13.7. The summed E-state index contributed by atoms with van der Waals surface area (Å²) in [7, 11) is -3.68. The van der Waals surface area contributed by atoms with Crippen LogP contribution in [0.2, 0.25) is 5.02 Å². The van der Waals surface area contributed by atoms with Crippen LogP contribution in [0, 0.1) is 11.8 Å². The number of halogens is 1. The van der Waals surface area contributed by atoms with E-state index in [-0.39, 0.29) is 21.4 Å². The van der Waals surface area contributed by atoms with E-state index in [1.54, 1.807) is 4.90 Å². The van der Waals surface area contributed by atoms with Gasteiger partial charge in [0, 0.05) is 26.2 Å². The quantitative estimate of drug-likeness (QED) is 0.654. The van der Waals surface area contributed by atoms with E-state index in [4.69, 9.17) is 16.3 Å². The largest absolute Gasteiger partial charge is 0.452 e. The fourth-order valence-corrected chi connectivity index (χ4v) is 5.80. The summed E-state index contributed by atoms with van der Waals surface area (Å²) in [6, 6.07) is 3.99. The highest BCUT2D eigenvalue weighted by Crippen LogP contribution is 2.26. The van der Waals surface area contributed by atoms with Gasteiger partial charge in [0.1, 0.15) is 0 Å². The molecule has 29 heavy (non-hydrogen) atoms. The van der Waals surface area contributed by atoms with Crippen LogP contribution in [0.1, 0.15) is 43.5 Å². The zero-order chi connectivity index (χ0) is 21.2.